The van der Waals surface area contributed by atoms with E-state index in [0.29, 0.717) is 11.8 Å². The highest BCUT2D eigenvalue weighted by Crippen LogP contribution is 2.36. The number of fused-ring (bicyclic) bond motifs is 4. The molecule has 2 bridgehead atoms. The van der Waals surface area contributed by atoms with Gasteiger partial charge >= 0.3 is 0 Å². The summed E-state index contributed by atoms with van der Waals surface area (Å²) in [6.45, 7) is 4.82. The molecule has 0 N–H and O–H groups in total. The lowest BCUT2D eigenvalue weighted by molar-refractivity contribution is 0.280. The molecule has 4 nitrogen and oxygen atoms in total. The molecule has 4 heteroatoms. The van der Waals surface area contributed by atoms with E-state index >= 15 is 0 Å². The fourth-order valence-corrected chi connectivity index (χ4v) is 3.79. The van der Waals surface area contributed by atoms with Gasteiger partial charge in [-0.25, -0.2) is 4.98 Å². The maximum atomic E-state index is 12.0. The first-order chi connectivity index (χ1) is 10.2. The second-order valence-electron chi connectivity index (χ2n) is 6.24. The Bertz CT molecular complexity index is 737. The number of aryl methyl sites for hydroxylation is 1. The summed E-state index contributed by atoms with van der Waals surface area (Å²) >= 11 is 0. The Morgan fingerprint density at radius 3 is 2.81 bits per heavy atom. The zero-order valence-electron chi connectivity index (χ0n) is 12.2. The molecule has 4 heterocycles. The molecule has 2 unspecified atom stereocenters. The van der Waals surface area contributed by atoms with Crippen molar-refractivity contribution in [3.8, 4) is 0 Å². The molecule has 2 aliphatic heterocycles. The number of hydrogen-bond donors (Lipinski definition) is 0. The summed E-state index contributed by atoms with van der Waals surface area (Å²) in [5.74, 6) is 2.05. The molecule has 2 aliphatic rings. The second-order valence-corrected chi connectivity index (χ2v) is 6.24. The molecular weight excluding hydrogens is 262 g/mol. The van der Waals surface area contributed by atoms with Crippen LogP contribution >= 0.6 is 0 Å². The first-order valence-electron chi connectivity index (χ1n) is 7.59. The molecule has 0 saturated carbocycles. The minimum absolute atomic E-state index is 0.143. The summed E-state index contributed by atoms with van der Waals surface area (Å²) in [6.07, 6.45) is 1.19. The van der Waals surface area contributed by atoms with Gasteiger partial charge in [0, 0.05) is 43.0 Å². The van der Waals surface area contributed by atoms with Gasteiger partial charge in [0.25, 0.3) is 5.56 Å². The summed E-state index contributed by atoms with van der Waals surface area (Å²) in [6, 6.07) is 11.9. The quantitative estimate of drug-likeness (QED) is 0.804. The molecule has 1 saturated heterocycles. The average Bonchev–Trinajstić information content (AvgIpc) is 2.48. The molecule has 2 aromatic heterocycles. The SMILES string of the molecule is Cc1cccc(N2CC3CC(C2)c2cccc(=O)n2C3)n1. The Morgan fingerprint density at radius 1 is 1.10 bits per heavy atom. The van der Waals surface area contributed by atoms with Gasteiger partial charge in [0.1, 0.15) is 5.82 Å². The van der Waals surface area contributed by atoms with E-state index in [9.17, 15) is 4.79 Å². The summed E-state index contributed by atoms with van der Waals surface area (Å²) in [5, 5.41) is 0. The molecule has 0 aliphatic carbocycles. The van der Waals surface area contributed by atoms with Gasteiger partial charge in [-0.15, -0.1) is 0 Å². The van der Waals surface area contributed by atoms with E-state index in [1.54, 1.807) is 6.07 Å². The first kappa shape index (κ1) is 12.6. The van der Waals surface area contributed by atoms with Gasteiger partial charge in [-0.1, -0.05) is 12.1 Å². The van der Waals surface area contributed by atoms with E-state index < -0.39 is 0 Å². The topological polar surface area (TPSA) is 38.1 Å². The van der Waals surface area contributed by atoms with Crippen LogP contribution in [-0.4, -0.2) is 22.6 Å². The highest BCUT2D eigenvalue weighted by molar-refractivity contribution is 5.41. The Hall–Kier alpha value is -2.10. The van der Waals surface area contributed by atoms with Gasteiger partial charge in [0.05, 0.1) is 0 Å². The van der Waals surface area contributed by atoms with Gasteiger partial charge in [-0.05, 0) is 37.5 Å². The molecule has 2 aromatic rings. The van der Waals surface area contributed by atoms with E-state index in [-0.39, 0.29) is 5.56 Å². The summed E-state index contributed by atoms with van der Waals surface area (Å²) in [4.78, 5) is 19.1. The van der Waals surface area contributed by atoms with Crippen molar-refractivity contribution in [3.63, 3.8) is 0 Å². The van der Waals surface area contributed by atoms with Crippen LogP contribution in [0.5, 0.6) is 0 Å². The van der Waals surface area contributed by atoms with Gasteiger partial charge in [-0.3, -0.25) is 4.79 Å². The normalized spacial score (nSPS) is 23.8. The third kappa shape index (κ3) is 2.15. The van der Waals surface area contributed by atoms with Crippen LogP contribution < -0.4 is 10.5 Å². The fourth-order valence-electron chi connectivity index (χ4n) is 3.79. The monoisotopic (exact) mass is 281 g/mol. The average molecular weight is 281 g/mol. The van der Waals surface area contributed by atoms with Crippen molar-refractivity contribution in [3.05, 3.63) is 58.1 Å². The van der Waals surface area contributed by atoms with Crippen LogP contribution in [0.4, 0.5) is 5.82 Å². The van der Waals surface area contributed by atoms with Crippen LogP contribution in [0, 0.1) is 12.8 Å². The summed E-state index contributed by atoms with van der Waals surface area (Å²) < 4.78 is 1.97. The molecule has 0 amide bonds. The van der Waals surface area contributed by atoms with E-state index in [0.717, 1.165) is 31.1 Å². The second kappa shape index (κ2) is 4.72. The predicted molar refractivity (Wildman–Crippen MR) is 82.7 cm³/mol. The van der Waals surface area contributed by atoms with Crippen molar-refractivity contribution in [1.82, 2.24) is 9.55 Å². The van der Waals surface area contributed by atoms with Gasteiger partial charge in [-0.2, -0.15) is 0 Å². The minimum Gasteiger partial charge on any atom is -0.356 e. The Labute approximate surface area is 124 Å². The van der Waals surface area contributed by atoms with Crippen LogP contribution in [0.15, 0.2) is 41.2 Å². The number of anilines is 1. The summed E-state index contributed by atoms with van der Waals surface area (Å²) in [7, 11) is 0. The van der Waals surface area contributed by atoms with Crippen molar-refractivity contribution in [2.24, 2.45) is 5.92 Å². The standard InChI is InChI=1S/C17H19N3O/c1-12-4-2-6-16(18-12)19-9-13-8-14(11-19)15-5-3-7-17(21)20(15)10-13/h2-7,13-14H,8-11H2,1H3. The van der Waals surface area contributed by atoms with Crippen LogP contribution in [-0.2, 0) is 6.54 Å². The van der Waals surface area contributed by atoms with Crippen molar-refractivity contribution in [1.29, 1.82) is 0 Å². The third-order valence-corrected chi connectivity index (χ3v) is 4.68. The van der Waals surface area contributed by atoms with Crippen LogP contribution in [0.2, 0.25) is 0 Å². The zero-order chi connectivity index (χ0) is 14.4. The minimum atomic E-state index is 0.143. The number of nitrogens with zero attached hydrogens (tertiary/aromatic N) is 3. The maximum absolute atomic E-state index is 12.0. The molecule has 0 aromatic carbocycles. The number of pyridine rings is 2. The fraction of sp³-hybridized carbons (Fsp3) is 0.412. The van der Waals surface area contributed by atoms with E-state index in [2.05, 4.69) is 28.1 Å². The molecule has 0 spiro atoms. The van der Waals surface area contributed by atoms with E-state index in [1.807, 2.05) is 23.6 Å². The third-order valence-electron chi connectivity index (χ3n) is 4.68. The molecule has 21 heavy (non-hydrogen) atoms. The smallest absolute Gasteiger partial charge is 0.250 e. The molecule has 4 rings (SSSR count). The van der Waals surface area contributed by atoms with Crippen molar-refractivity contribution >= 4 is 5.82 Å². The molecule has 2 atom stereocenters. The highest BCUT2D eigenvalue weighted by atomic mass is 16.1. The van der Waals surface area contributed by atoms with Gasteiger partial charge in [0.15, 0.2) is 0 Å². The summed E-state index contributed by atoms with van der Waals surface area (Å²) in [5.41, 5.74) is 2.39. The Balaban J connectivity index is 1.70. The lowest BCUT2D eigenvalue weighted by atomic mass is 9.83. The number of aromatic nitrogens is 2. The molecule has 108 valence electrons. The number of rotatable bonds is 1. The lowest BCUT2D eigenvalue weighted by Gasteiger charge is -2.43. The van der Waals surface area contributed by atoms with Gasteiger partial charge in [0.2, 0.25) is 0 Å². The van der Waals surface area contributed by atoms with Gasteiger partial charge < -0.3 is 9.47 Å². The number of hydrogen-bond acceptors (Lipinski definition) is 3. The van der Waals surface area contributed by atoms with Crippen molar-refractivity contribution < 1.29 is 0 Å². The lowest BCUT2D eigenvalue weighted by Crippen LogP contribution is -2.47. The maximum Gasteiger partial charge on any atom is 0.250 e. The number of piperidine rings is 1. The zero-order valence-corrected chi connectivity index (χ0v) is 12.2. The first-order valence-corrected chi connectivity index (χ1v) is 7.59. The van der Waals surface area contributed by atoms with Crippen molar-refractivity contribution in [2.75, 3.05) is 18.0 Å². The van der Waals surface area contributed by atoms with Crippen LogP contribution in [0.3, 0.4) is 0 Å². The van der Waals surface area contributed by atoms with Crippen LogP contribution in [0.25, 0.3) is 0 Å². The highest BCUT2D eigenvalue weighted by Gasteiger charge is 2.34. The largest absolute Gasteiger partial charge is 0.356 e. The van der Waals surface area contributed by atoms with Crippen molar-refractivity contribution in [2.45, 2.75) is 25.8 Å². The Kier molecular flexibility index (Phi) is 2.84. The van der Waals surface area contributed by atoms with E-state index in [1.165, 1.54) is 12.1 Å². The van der Waals surface area contributed by atoms with E-state index in [4.69, 9.17) is 0 Å². The molecular formula is C17H19N3O. The predicted octanol–water partition coefficient (Wildman–Crippen LogP) is 2.18. The molecule has 0 radical (unpaired) electrons. The Morgan fingerprint density at radius 2 is 1.95 bits per heavy atom. The molecule has 1 fully saturated rings. The van der Waals surface area contributed by atoms with Crippen LogP contribution in [0.1, 0.15) is 23.7 Å².